The predicted octanol–water partition coefficient (Wildman–Crippen LogP) is 2.90. The fourth-order valence-corrected chi connectivity index (χ4v) is 0.611. The van der Waals surface area contributed by atoms with Crippen molar-refractivity contribution in [3.8, 4) is 0 Å². The molecule has 0 aromatic carbocycles. The molecule has 0 fully saturated rings. The Morgan fingerprint density at radius 3 is 2.89 bits per heavy atom. The second-order valence-electron chi connectivity index (χ2n) is 1.77. The molecule has 0 N–H and O–H groups in total. The molecule has 0 amide bonds. The van der Waals surface area contributed by atoms with Crippen LogP contribution in [0.25, 0.3) is 0 Å². The summed E-state index contributed by atoms with van der Waals surface area (Å²) in [6.07, 6.45) is 4.82. The first kappa shape index (κ1) is 8.55. The van der Waals surface area contributed by atoms with Gasteiger partial charge < -0.3 is 0 Å². The van der Waals surface area contributed by atoms with Crippen LogP contribution < -0.4 is 0 Å². The molecule has 0 aromatic heterocycles. The van der Waals surface area contributed by atoms with Crippen LogP contribution in [0.15, 0.2) is 30.0 Å². The number of rotatable bonds is 3. The molecule has 0 nitrogen and oxygen atoms in total. The van der Waals surface area contributed by atoms with E-state index in [4.69, 9.17) is 11.6 Å². The molecule has 0 saturated heterocycles. The molecular formula is C8H11Cl. The van der Waals surface area contributed by atoms with Crippen LogP contribution >= 0.6 is 11.6 Å². The lowest BCUT2D eigenvalue weighted by atomic mass is 10.2. The Kier molecular flexibility index (Phi) is 5.40. The van der Waals surface area contributed by atoms with Crippen LogP contribution in [0.4, 0.5) is 0 Å². The summed E-state index contributed by atoms with van der Waals surface area (Å²) in [5.41, 5.74) is 3.86. The number of hydrogen-bond acceptors (Lipinski definition) is 0. The quantitative estimate of drug-likeness (QED) is 0.323. The molecule has 0 aliphatic heterocycles. The van der Waals surface area contributed by atoms with Crippen molar-refractivity contribution in [2.24, 2.45) is 0 Å². The second kappa shape index (κ2) is 5.68. The molecule has 0 unspecified atom stereocenters. The van der Waals surface area contributed by atoms with Crippen molar-refractivity contribution in [2.75, 3.05) is 5.88 Å². The number of alkyl halides is 1. The summed E-state index contributed by atoms with van der Waals surface area (Å²) >= 11 is 5.45. The first-order chi connectivity index (χ1) is 4.31. The van der Waals surface area contributed by atoms with Crippen molar-refractivity contribution in [3.05, 3.63) is 30.0 Å². The molecule has 0 saturated carbocycles. The van der Waals surface area contributed by atoms with Gasteiger partial charge in [-0.2, -0.15) is 0 Å². The standard InChI is InChI=1S/C8H11Cl/c1-3-5-8(2)6-4-7-9/h5-6H,1,4,7H2,2H3. The number of hydrogen-bond donors (Lipinski definition) is 0. The topological polar surface area (TPSA) is 0 Å². The van der Waals surface area contributed by atoms with Gasteiger partial charge in [-0.3, -0.25) is 0 Å². The molecule has 50 valence electrons. The van der Waals surface area contributed by atoms with Crippen molar-refractivity contribution < 1.29 is 0 Å². The highest BCUT2D eigenvalue weighted by Gasteiger charge is 1.78. The summed E-state index contributed by atoms with van der Waals surface area (Å²) < 4.78 is 0. The maximum Gasteiger partial charge on any atom is 0.0258 e. The first-order valence-corrected chi connectivity index (χ1v) is 3.43. The highest BCUT2D eigenvalue weighted by molar-refractivity contribution is 6.17. The Bertz CT molecular complexity index is 139. The minimum atomic E-state index is 0.683. The van der Waals surface area contributed by atoms with Gasteiger partial charge in [0.25, 0.3) is 0 Å². The van der Waals surface area contributed by atoms with Gasteiger partial charge in [0.2, 0.25) is 0 Å². The Hall–Kier alpha value is -0.450. The van der Waals surface area contributed by atoms with Crippen molar-refractivity contribution in [1.82, 2.24) is 0 Å². The molecule has 1 heteroatoms. The van der Waals surface area contributed by atoms with Crippen LogP contribution in [-0.2, 0) is 0 Å². The average Bonchev–Trinajstić information content (AvgIpc) is 1.85. The Labute approximate surface area is 61.5 Å². The first-order valence-electron chi connectivity index (χ1n) is 2.90. The van der Waals surface area contributed by atoms with Gasteiger partial charge in [0.15, 0.2) is 0 Å². The van der Waals surface area contributed by atoms with E-state index in [1.54, 1.807) is 0 Å². The molecule has 0 aromatic rings. The van der Waals surface area contributed by atoms with E-state index >= 15 is 0 Å². The monoisotopic (exact) mass is 142 g/mol. The van der Waals surface area contributed by atoms with Crippen LogP contribution in [-0.4, -0.2) is 5.88 Å². The van der Waals surface area contributed by atoms with Gasteiger partial charge in [-0.25, -0.2) is 0 Å². The van der Waals surface area contributed by atoms with Gasteiger partial charge in [0.05, 0.1) is 0 Å². The predicted molar refractivity (Wildman–Crippen MR) is 42.8 cm³/mol. The smallest absolute Gasteiger partial charge is 0.0258 e. The number of halogens is 1. The van der Waals surface area contributed by atoms with Crippen LogP contribution in [0.3, 0.4) is 0 Å². The van der Waals surface area contributed by atoms with E-state index < -0.39 is 0 Å². The molecule has 0 spiro atoms. The van der Waals surface area contributed by atoms with E-state index in [9.17, 15) is 0 Å². The SMILES string of the molecule is C=C=CC(C)=CCCCl. The summed E-state index contributed by atoms with van der Waals surface area (Å²) in [5.74, 6) is 0.683. The third-order valence-electron chi connectivity index (χ3n) is 0.905. The van der Waals surface area contributed by atoms with Gasteiger partial charge in [0.1, 0.15) is 0 Å². The molecular weight excluding hydrogens is 132 g/mol. The van der Waals surface area contributed by atoms with Crippen molar-refractivity contribution in [2.45, 2.75) is 13.3 Å². The fourth-order valence-electron chi connectivity index (χ4n) is 0.502. The molecule has 0 bridgehead atoms. The van der Waals surface area contributed by atoms with Gasteiger partial charge in [0, 0.05) is 5.88 Å². The molecule has 0 atom stereocenters. The van der Waals surface area contributed by atoms with E-state index in [0.29, 0.717) is 5.88 Å². The summed E-state index contributed by atoms with van der Waals surface area (Å²) in [7, 11) is 0. The van der Waals surface area contributed by atoms with Crippen molar-refractivity contribution in [3.63, 3.8) is 0 Å². The summed E-state index contributed by atoms with van der Waals surface area (Å²) in [6.45, 7) is 5.46. The van der Waals surface area contributed by atoms with Crippen molar-refractivity contribution >= 4 is 11.6 Å². The molecule has 0 rings (SSSR count). The lowest BCUT2D eigenvalue weighted by molar-refractivity contribution is 1.21. The van der Waals surface area contributed by atoms with Gasteiger partial charge in [-0.15, -0.1) is 17.3 Å². The van der Waals surface area contributed by atoms with Crippen LogP contribution in [0.1, 0.15) is 13.3 Å². The third-order valence-corrected chi connectivity index (χ3v) is 1.12. The lowest BCUT2D eigenvalue weighted by Gasteiger charge is -1.86. The number of allylic oxidation sites excluding steroid dienone is 3. The summed E-state index contributed by atoms with van der Waals surface area (Å²) in [5, 5.41) is 0. The summed E-state index contributed by atoms with van der Waals surface area (Å²) in [4.78, 5) is 0. The minimum Gasteiger partial charge on any atom is -0.128 e. The zero-order valence-corrected chi connectivity index (χ0v) is 6.41. The summed E-state index contributed by atoms with van der Waals surface area (Å²) in [6, 6.07) is 0. The van der Waals surface area contributed by atoms with Gasteiger partial charge >= 0.3 is 0 Å². The Morgan fingerprint density at radius 1 is 1.78 bits per heavy atom. The highest BCUT2D eigenvalue weighted by Crippen LogP contribution is 1.96. The van der Waals surface area contributed by atoms with Gasteiger partial charge in [-0.1, -0.05) is 12.7 Å². The van der Waals surface area contributed by atoms with E-state index in [1.807, 2.05) is 13.0 Å². The maximum absolute atomic E-state index is 5.45. The zero-order valence-electron chi connectivity index (χ0n) is 5.65. The minimum absolute atomic E-state index is 0.683. The largest absolute Gasteiger partial charge is 0.128 e. The molecule has 0 heterocycles. The third kappa shape index (κ3) is 5.42. The Morgan fingerprint density at radius 2 is 2.44 bits per heavy atom. The molecule has 0 radical (unpaired) electrons. The fraction of sp³-hybridized carbons (Fsp3) is 0.375. The van der Waals surface area contributed by atoms with E-state index in [2.05, 4.69) is 18.4 Å². The van der Waals surface area contributed by atoms with Crippen LogP contribution in [0.2, 0.25) is 0 Å². The van der Waals surface area contributed by atoms with Crippen molar-refractivity contribution in [1.29, 1.82) is 0 Å². The zero-order chi connectivity index (χ0) is 7.11. The average molecular weight is 143 g/mol. The van der Waals surface area contributed by atoms with E-state index in [0.717, 1.165) is 6.42 Å². The second-order valence-corrected chi connectivity index (χ2v) is 2.15. The maximum atomic E-state index is 5.45. The Balaban J connectivity index is 3.69. The normalized spacial score (nSPS) is 10.7. The molecule has 0 aliphatic carbocycles. The highest BCUT2D eigenvalue weighted by atomic mass is 35.5. The molecule has 9 heavy (non-hydrogen) atoms. The van der Waals surface area contributed by atoms with E-state index in [1.165, 1.54) is 5.57 Å². The lowest BCUT2D eigenvalue weighted by Crippen LogP contribution is -1.70. The van der Waals surface area contributed by atoms with Crippen LogP contribution in [0, 0.1) is 0 Å². The van der Waals surface area contributed by atoms with E-state index in [-0.39, 0.29) is 0 Å². The van der Waals surface area contributed by atoms with Crippen LogP contribution in [0.5, 0.6) is 0 Å². The molecule has 0 aliphatic rings. The van der Waals surface area contributed by atoms with Gasteiger partial charge in [-0.05, 0) is 25.0 Å².